The van der Waals surface area contributed by atoms with E-state index < -0.39 is 0 Å². The summed E-state index contributed by atoms with van der Waals surface area (Å²) < 4.78 is 12.3. The van der Waals surface area contributed by atoms with Crippen LogP contribution in [0.5, 0.6) is 11.5 Å². The average Bonchev–Trinajstić information content (AvgIpc) is 3.23. The van der Waals surface area contributed by atoms with E-state index in [1.54, 1.807) is 17.4 Å². The van der Waals surface area contributed by atoms with E-state index in [0.717, 1.165) is 16.7 Å². The fourth-order valence-electron chi connectivity index (χ4n) is 3.89. The zero-order chi connectivity index (χ0) is 19.1. The van der Waals surface area contributed by atoms with E-state index in [4.69, 9.17) is 9.47 Å². The third kappa shape index (κ3) is 3.16. The van der Waals surface area contributed by atoms with E-state index in [0.29, 0.717) is 38.5 Å². The van der Waals surface area contributed by atoms with E-state index in [9.17, 15) is 9.90 Å². The van der Waals surface area contributed by atoms with Gasteiger partial charge in [0, 0.05) is 40.8 Å². The number of nitrogens with one attached hydrogen (secondary N) is 1. The summed E-state index contributed by atoms with van der Waals surface area (Å²) in [6.07, 6.45) is -0.521. The van der Waals surface area contributed by atoms with Gasteiger partial charge in [-0.1, -0.05) is 18.2 Å². The molecule has 2 aromatic carbocycles. The molecule has 2 aliphatic heterocycles. The number of ether oxygens (including phenoxy) is 2. The number of rotatable bonds is 3. The number of phenols is 1. The van der Waals surface area contributed by atoms with Gasteiger partial charge < -0.3 is 19.9 Å². The quantitative estimate of drug-likeness (QED) is 0.708. The van der Waals surface area contributed by atoms with E-state index in [1.807, 2.05) is 12.1 Å². The van der Waals surface area contributed by atoms with Crippen LogP contribution in [-0.4, -0.2) is 48.4 Å². The van der Waals surface area contributed by atoms with Crippen molar-refractivity contribution in [1.82, 2.24) is 10.2 Å². The van der Waals surface area contributed by atoms with Crippen LogP contribution in [0, 0.1) is 0 Å². The first-order valence-corrected chi connectivity index (χ1v) is 10.2. The highest BCUT2D eigenvalue weighted by Crippen LogP contribution is 2.41. The molecule has 0 saturated carbocycles. The summed E-state index contributed by atoms with van der Waals surface area (Å²) in [5.41, 5.74) is 3.04. The van der Waals surface area contributed by atoms with E-state index in [1.165, 1.54) is 10.1 Å². The second-order valence-corrected chi connectivity index (χ2v) is 8.03. The molecule has 2 aliphatic rings. The standard InChI is InChI=1S/C21H20N2O4S/c24-18-8-13(17-12-28-19-4-2-1-3-16(17)19)7-14-10-23(5-6-26-20(14)18)11-15-9-22-21(25)27-15/h1-4,7-8,12,15,24H,5-6,9-11H2,(H,22,25)/t15-/m0/s1. The summed E-state index contributed by atoms with van der Waals surface area (Å²) in [6, 6.07) is 12.2. The molecule has 6 nitrogen and oxygen atoms in total. The van der Waals surface area contributed by atoms with Crippen molar-refractivity contribution in [2.24, 2.45) is 0 Å². The molecule has 1 atom stereocenters. The number of aromatic hydroxyl groups is 1. The van der Waals surface area contributed by atoms with Crippen LogP contribution in [0.1, 0.15) is 5.56 Å². The van der Waals surface area contributed by atoms with Crippen LogP contribution in [-0.2, 0) is 11.3 Å². The molecule has 5 rings (SSSR count). The first-order valence-electron chi connectivity index (χ1n) is 9.29. The molecule has 7 heteroatoms. The monoisotopic (exact) mass is 396 g/mol. The predicted molar refractivity (Wildman–Crippen MR) is 108 cm³/mol. The molecule has 144 valence electrons. The number of benzene rings is 2. The van der Waals surface area contributed by atoms with Gasteiger partial charge in [0.15, 0.2) is 11.5 Å². The number of alkyl carbamates (subject to hydrolysis) is 1. The van der Waals surface area contributed by atoms with Crippen molar-refractivity contribution < 1.29 is 19.4 Å². The maximum absolute atomic E-state index is 11.3. The van der Waals surface area contributed by atoms with Gasteiger partial charge >= 0.3 is 6.09 Å². The highest BCUT2D eigenvalue weighted by atomic mass is 32.1. The van der Waals surface area contributed by atoms with Gasteiger partial charge in [0.1, 0.15) is 12.7 Å². The minimum atomic E-state index is -0.360. The number of carbonyl (C=O) groups is 1. The van der Waals surface area contributed by atoms with E-state index >= 15 is 0 Å². The number of cyclic esters (lactones) is 1. The lowest BCUT2D eigenvalue weighted by atomic mass is 10.0. The molecule has 0 bridgehead atoms. The summed E-state index contributed by atoms with van der Waals surface area (Å²) in [5.74, 6) is 0.714. The fraction of sp³-hybridized carbons (Fsp3) is 0.286. The number of carbonyl (C=O) groups excluding carboxylic acids is 1. The Kier molecular flexibility index (Phi) is 4.33. The SMILES string of the molecule is O=C1NC[C@@H](CN2CCOc3c(O)cc(-c4csc5ccccc45)cc3C2)O1. The summed E-state index contributed by atoms with van der Waals surface area (Å²) in [7, 11) is 0. The molecular weight excluding hydrogens is 376 g/mol. The Hall–Kier alpha value is -2.77. The van der Waals surface area contributed by atoms with Crippen LogP contribution in [0.15, 0.2) is 41.8 Å². The predicted octanol–water partition coefficient (Wildman–Crippen LogP) is 3.58. The summed E-state index contributed by atoms with van der Waals surface area (Å²) in [5, 5.41) is 16.6. The Morgan fingerprint density at radius 3 is 3.04 bits per heavy atom. The van der Waals surface area contributed by atoms with Crippen LogP contribution >= 0.6 is 11.3 Å². The van der Waals surface area contributed by atoms with Crippen LogP contribution in [0.25, 0.3) is 21.2 Å². The molecule has 0 unspecified atom stereocenters. The zero-order valence-corrected chi connectivity index (χ0v) is 16.0. The molecule has 3 heterocycles. The van der Waals surface area contributed by atoms with Crippen LogP contribution in [0.4, 0.5) is 4.79 Å². The van der Waals surface area contributed by atoms with Gasteiger partial charge in [0.05, 0.1) is 6.54 Å². The largest absolute Gasteiger partial charge is 0.504 e. The van der Waals surface area contributed by atoms with Gasteiger partial charge in [-0.15, -0.1) is 11.3 Å². The smallest absolute Gasteiger partial charge is 0.407 e. The topological polar surface area (TPSA) is 71.0 Å². The Labute approximate surface area is 166 Å². The molecule has 0 radical (unpaired) electrons. The number of hydrogen-bond acceptors (Lipinski definition) is 6. The first kappa shape index (κ1) is 17.3. The summed E-state index contributed by atoms with van der Waals surface area (Å²) in [4.78, 5) is 13.5. The number of phenolic OH excluding ortho intramolecular Hbond substituents is 1. The molecule has 0 aliphatic carbocycles. The molecule has 28 heavy (non-hydrogen) atoms. The number of thiophene rings is 1. The maximum Gasteiger partial charge on any atom is 0.407 e. The van der Waals surface area contributed by atoms with Gasteiger partial charge in [-0.2, -0.15) is 0 Å². The first-order chi connectivity index (χ1) is 13.7. The Morgan fingerprint density at radius 2 is 2.18 bits per heavy atom. The van der Waals surface area contributed by atoms with E-state index in [-0.39, 0.29) is 17.9 Å². The summed E-state index contributed by atoms with van der Waals surface area (Å²) >= 11 is 1.70. The van der Waals surface area contributed by atoms with Crippen molar-refractivity contribution in [2.75, 3.05) is 26.2 Å². The van der Waals surface area contributed by atoms with Gasteiger partial charge in [-0.25, -0.2) is 4.79 Å². The molecule has 1 aromatic heterocycles. The number of fused-ring (bicyclic) bond motifs is 2. The van der Waals surface area contributed by atoms with Gasteiger partial charge in [0.25, 0.3) is 0 Å². The zero-order valence-electron chi connectivity index (χ0n) is 15.2. The molecule has 3 aromatic rings. The molecule has 0 spiro atoms. The van der Waals surface area contributed by atoms with Crippen molar-refractivity contribution in [3.63, 3.8) is 0 Å². The summed E-state index contributed by atoms with van der Waals surface area (Å²) in [6.45, 7) is 2.98. The van der Waals surface area contributed by atoms with E-state index in [2.05, 4.69) is 33.8 Å². The number of amides is 1. The molecule has 1 saturated heterocycles. The average molecular weight is 396 g/mol. The van der Waals surface area contributed by atoms with Crippen molar-refractivity contribution in [3.05, 3.63) is 47.3 Å². The minimum absolute atomic E-state index is 0.161. The van der Waals surface area contributed by atoms with Crippen molar-refractivity contribution in [2.45, 2.75) is 12.6 Å². The van der Waals surface area contributed by atoms with Crippen LogP contribution in [0.3, 0.4) is 0 Å². The normalized spacial score (nSPS) is 19.6. The Morgan fingerprint density at radius 1 is 1.29 bits per heavy atom. The highest BCUT2D eigenvalue weighted by molar-refractivity contribution is 7.17. The lowest BCUT2D eigenvalue weighted by molar-refractivity contribution is 0.103. The number of hydrogen-bond donors (Lipinski definition) is 2. The van der Waals surface area contributed by atoms with Crippen molar-refractivity contribution >= 4 is 27.5 Å². The second kappa shape index (κ2) is 7.00. The lowest BCUT2D eigenvalue weighted by Crippen LogP contribution is -2.35. The van der Waals surface area contributed by atoms with Crippen molar-refractivity contribution in [1.29, 1.82) is 0 Å². The number of nitrogens with zero attached hydrogens (tertiary/aromatic N) is 1. The lowest BCUT2D eigenvalue weighted by Gasteiger charge is -2.22. The second-order valence-electron chi connectivity index (χ2n) is 7.12. The minimum Gasteiger partial charge on any atom is -0.504 e. The Bertz CT molecular complexity index is 1050. The van der Waals surface area contributed by atoms with Gasteiger partial charge in [-0.05, 0) is 29.1 Å². The Balaban J connectivity index is 1.47. The fourth-order valence-corrected chi connectivity index (χ4v) is 4.86. The molecule has 1 amide bonds. The molecule has 2 N–H and O–H groups in total. The molecular formula is C21H20N2O4S. The highest BCUT2D eigenvalue weighted by Gasteiger charge is 2.27. The molecule has 1 fully saturated rings. The maximum atomic E-state index is 11.3. The third-order valence-electron chi connectivity index (χ3n) is 5.20. The third-order valence-corrected chi connectivity index (χ3v) is 6.16. The van der Waals surface area contributed by atoms with Gasteiger partial charge in [-0.3, -0.25) is 4.90 Å². The van der Waals surface area contributed by atoms with Crippen LogP contribution < -0.4 is 10.1 Å². The van der Waals surface area contributed by atoms with Gasteiger partial charge in [0.2, 0.25) is 0 Å². The van der Waals surface area contributed by atoms with Crippen molar-refractivity contribution in [3.8, 4) is 22.6 Å². The van der Waals surface area contributed by atoms with Crippen LogP contribution in [0.2, 0.25) is 0 Å².